The summed E-state index contributed by atoms with van der Waals surface area (Å²) in [6, 6.07) is 9.41. The van der Waals surface area contributed by atoms with Gasteiger partial charge in [-0.1, -0.05) is 6.07 Å². The number of carbonyl (C=O) groups excluding carboxylic acids is 1. The van der Waals surface area contributed by atoms with Crippen molar-refractivity contribution < 1.29 is 18.7 Å². The first-order valence-electron chi connectivity index (χ1n) is 11.4. The predicted octanol–water partition coefficient (Wildman–Crippen LogP) is 4.33. The molecule has 1 fully saturated rings. The number of carbonyl (C=O) groups is 1. The Labute approximate surface area is 208 Å². The lowest BCUT2D eigenvalue weighted by molar-refractivity contribution is -0.149. The number of hydrogen-bond donors (Lipinski definition) is 0. The van der Waals surface area contributed by atoms with Gasteiger partial charge in [0.05, 0.1) is 30.1 Å². The first-order valence-corrected chi connectivity index (χ1v) is 13.3. The maximum Gasteiger partial charge on any atom is 0.324 e. The van der Waals surface area contributed by atoms with Gasteiger partial charge >= 0.3 is 5.97 Å². The monoisotopic (exact) mass is 503 g/mol. The lowest BCUT2D eigenvalue weighted by atomic mass is 10.0. The zero-order valence-electron chi connectivity index (χ0n) is 19.5. The van der Waals surface area contributed by atoms with Crippen LogP contribution in [0.5, 0.6) is 5.75 Å². The summed E-state index contributed by atoms with van der Waals surface area (Å²) in [5.41, 5.74) is 1.39. The molecule has 9 heteroatoms. The van der Waals surface area contributed by atoms with Gasteiger partial charge in [0.25, 0.3) is 0 Å². The van der Waals surface area contributed by atoms with E-state index in [2.05, 4.69) is 32.3 Å². The second kappa shape index (κ2) is 12.0. The van der Waals surface area contributed by atoms with Crippen molar-refractivity contribution in [2.24, 2.45) is 0 Å². The summed E-state index contributed by atoms with van der Waals surface area (Å²) in [6.07, 6.45) is 2.58. The number of methoxy groups -OCH3 is 2. The molecule has 0 saturated carbocycles. The SMILES string of the molecule is COC(=O)C1CN(CCSc2cccs2)CCN1CCCc1c(F)cnc2ccc(OC)cc12. The Bertz CT molecular complexity index is 1100. The van der Waals surface area contributed by atoms with Gasteiger partial charge in [0.1, 0.15) is 17.6 Å². The van der Waals surface area contributed by atoms with Gasteiger partial charge in [-0.3, -0.25) is 19.6 Å². The second-order valence-electron chi connectivity index (χ2n) is 8.23. The van der Waals surface area contributed by atoms with E-state index in [4.69, 9.17) is 9.47 Å². The number of pyridine rings is 1. The summed E-state index contributed by atoms with van der Waals surface area (Å²) in [7, 11) is 3.04. The van der Waals surface area contributed by atoms with E-state index < -0.39 is 0 Å². The Kier molecular flexibility index (Phi) is 8.77. The lowest BCUT2D eigenvalue weighted by Gasteiger charge is -2.39. The second-order valence-corrected chi connectivity index (χ2v) is 10.6. The van der Waals surface area contributed by atoms with Crippen molar-refractivity contribution >= 4 is 40.0 Å². The number of thioether (sulfide) groups is 1. The standard InChI is InChI=1S/C25H30FN3O3S2/c1-31-18-7-8-22-20(15-18)19(21(26)16-27-22)5-3-9-29-11-10-28(17-23(29)25(30)32-2)12-14-34-24-6-4-13-33-24/h4,6-8,13,15-16,23H,3,5,9-12,14,17H2,1-2H3. The fraction of sp³-hybridized carbons (Fsp3) is 0.440. The zero-order valence-corrected chi connectivity index (χ0v) is 21.2. The molecule has 4 rings (SSSR count). The molecule has 3 heterocycles. The number of aryl methyl sites for hydroxylation is 1. The van der Waals surface area contributed by atoms with Crippen molar-refractivity contribution in [3.8, 4) is 5.75 Å². The number of piperazine rings is 1. The highest BCUT2D eigenvalue weighted by atomic mass is 32.2. The molecule has 1 unspecified atom stereocenters. The maximum atomic E-state index is 14.7. The number of fused-ring (bicyclic) bond motifs is 1. The van der Waals surface area contributed by atoms with Gasteiger partial charge in [-0.25, -0.2) is 4.39 Å². The third kappa shape index (κ3) is 6.07. The first kappa shape index (κ1) is 24.9. The fourth-order valence-corrected chi connectivity index (χ4v) is 6.23. The van der Waals surface area contributed by atoms with Crippen LogP contribution in [0.4, 0.5) is 4.39 Å². The van der Waals surface area contributed by atoms with E-state index in [1.165, 1.54) is 17.5 Å². The number of halogens is 1. The third-order valence-corrected chi connectivity index (χ3v) is 8.31. The van der Waals surface area contributed by atoms with Crippen LogP contribution >= 0.6 is 23.1 Å². The Balaban J connectivity index is 1.35. The van der Waals surface area contributed by atoms with Crippen LogP contribution in [0.3, 0.4) is 0 Å². The summed E-state index contributed by atoms with van der Waals surface area (Å²) < 4.78 is 26.4. The molecule has 1 aliphatic heterocycles. The molecule has 3 aromatic rings. The van der Waals surface area contributed by atoms with Gasteiger partial charge in [0.2, 0.25) is 0 Å². The Hall–Kier alpha value is -2.20. The predicted molar refractivity (Wildman–Crippen MR) is 135 cm³/mol. The van der Waals surface area contributed by atoms with Gasteiger partial charge in [-0.05, 0) is 54.6 Å². The van der Waals surface area contributed by atoms with Crippen molar-refractivity contribution in [3.63, 3.8) is 0 Å². The summed E-state index contributed by atoms with van der Waals surface area (Å²) in [4.78, 5) is 21.3. The van der Waals surface area contributed by atoms with Gasteiger partial charge in [-0.15, -0.1) is 23.1 Å². The minimum atomic E-state index is -0.307. The number of nitrogens with zero attached hydrogens (tertiary/aromatic N) is 3. The summed E-state index contributed by atoms with van der Waals surface area (Å²) in [5, 5.41) is 2.86. The van der Waals surface area contributed by atoms with Crippen molar-refractivity contribution in [1.82, 2.24) is 14.8 Å². The van der Waals surface area contributed by atoms with E-state index >= 15 is 0 Å². The third-order valence-electron chi connectivity index (χ3n) is 6.20. The van der Waals surface area contributed by atoms with Crippen LogP contribution in [0, 0.1) is 5.82 Å². The van der Waals surface area contributed by atoms with Gasteiger partial charge in [-0.2, -0.15) is 0 Å². The molecule has 0 N–H and O–H groups in total. The zero-order chi connectivity index (χ0) is 23.9. The summed E-state index contributed by atoms with van der Waals surface area (Å²) >= 11 is 3.60. The molecule has 182 valence electrons. The normalized spacial score (nSPS) is 17.2. The molecule has 0 radical (unpaired) electrons. The van der Waals surface area contributed by atoms with Gasteiger partial charge in [0.15, 0.2) is 0 Å². The fourth-order valence-electron chi connectivity index (χ4n) is 4.37. The van der Waals surface area contributed by atoms with Crippen molar-refractivity contribution in [2.45, 2.75) is 23.1 Å². The quantitative estimate of drug-likeness (QED) is 0.302. The van der Waals surface area contributed by atoms with E-state index in [0.29, 0.717) is 30.8 Å². The minimum Gasteiger partial charge on any atom is -0.497 e. The molecule has 0 amide bonds. The Morgan fingerprint density at radius 2 is 2.15 bits per heavy atom. The number of rotatable bonds is 10. The van der Waals surface area contributed by atoms with Gasteiger partial charge in [0, 0.05) is 37.3 Å². The van der Waals surface area contributed by atoms with E-state index in [9.17, 15) is 9.18 Å². The van der Waals surface area contributed by atoms with E-state index in [1.807, 2.05) is 30.0 Å². The molecular weight excluding hydrogens is 473 g/mol. The van der Waals surface area contributed by atoms with E-state index in [1.54, 1.807) is 18.4 Å². The van der Waals surface area contributed by atoms with Crippen molar-refractivity contribution in [3.05, 3.63) is 53.3 Å². The van der Waals surface area contributed by atoms with E-state index in [0.717, 1.165) is 42.7 Å². The number of benzene rings is 1. The minimum absolute atomic E-state index is 0.208. The summed E-state index contributed by atoms with van der Waals surface area (Å²) in [6.45, 7) is 3.98. The molecule has 1 atom stereocenters. The molecule has 1 aliphatic rings. The number of esters is 1. The average molecular weight is 504 g/mol. The van der Waals surface area contributed by atoms with Crippen LogP contribution < -0.4 is 4.74 Å². The Morgan fingerprint density at radius 3 is 2.91 bits per heavy atom. The number of hydrogen-bond acceptors (Lipinski definition) is 8. The van der Waals surface area contributed by atoms with Crippen LogP contribution in [-0.4, -0.2) is 79.5 Å². The molecule has 6 nitrogen and oxygen atoms in total. The van der Waals surface area contributed by atoms with E-state index in [-0.39, 0.29) is 17.8 Å². The van der Waals surface area contributed by atoms with Gasteiger partial charge < -0.3 is 9.47 Å². The molecule has 1 saturated heterocycles. The van der Waals surface area contributed by atoms with Crippen LogP contribution in [0.2, 0.25) is 0 Å². The number of ether oxygens (including phenoxy) is 2. The number of thiophene rings is 1. The highest BCUT2D eigenvalue weighted by Gasteiger charge is 2.32. The lowest BCUT2D eigenvalue weighted by Crippen LogP contribution is -2.57. The molecule has 34 heavy (non-hydrogen) atoms. The molecule has 1 aromatic carbocycles. The molecule has 0 bridgehead atoms. The maximum absolute atomic E-state index is 14.7. The summed E-state index contributed by atoms with van der Waals surface area (Å²) in [5.74, 6) is 1.16. The van der Waals surface area contributed by atoms with Crippen LogP contribution in [0.15, 0.2) is 46.1 Å². The topological polar surface area (TPSA) is 54.9 Å². The smallest absolute Gasteiger partial charge is 0.324 e. The Morgan fingerprint density at radius 1 is 1.26 bits per heavy atom. The van der Waals surface area contributed by atoms with Crippen molar-refractivity contribution in [2.75, 3.05) is 52.7 Å². The highest BCUT2D eigenvalue weighted by Crippen LogP contribution is 2.26. The number of aromatic nitrogens is 1. The molecule has 0 spiro atoms. The van der Waals surface area contributed by atoms with Crippen LogP contribution in [0.1, 0.15) is 12.0 Å². The average Bonchev–Trinajstić information content (AvgIpc) is 3.38. The largest absolute Gasteiger partial charge is 0.497 e. The van der Waals surface area contributed by atoms with Crippen LogP contribution in [-0.2, 0) is 16.0 Å². The first-order chi connectivity index (χ1) is 16.6. The molecule has 2 aromatic heterocycles. The van der Waals surface area contributed by atoms with Crippen molar-refractivity contribution in [1.29, 1.82) is 0 Å². The molecule has 0 aliphatic carbocycles. The highest BCUT2D eigenvalue weighted by molar-refractivity contribution is 8.01. The van der Waals surface area contributed by atoms with Crippen LogP contribution in [0.25, 0.3) is 10.9 Å². The molecular formula is C25H30FN3O3S2.